The number of nitrogens with zero attached hydrogens (tertiary/aromatic N) is 2. The van der Waals surface area contributed by atoms with Gasteiger partial charge in [-0.3, -0.25) is 10.1 Å². The van der Waals surface area contributed by atoms with Gasteiger partial charge in [-0.1, -0.05) is 0 Å². The van der Waals surface area contributed by atoms with E-state index < -0.39 is 11.0 Å². The monoisotopic (exact) mass is 274 g/mol. The van der Waals surface area contributed by atoms with Crippen LogP contribution >= 0.6 is 11.3 Å². The molecule has 0 aliphatic heterocycles. The quantitative estimate of drug-likeness (QED) is 0.468. The number of ether oxygens (including phenoxy) is 1. The van der Waals surface area contributed by atoms with Gasteiger partial charge in [-0.05, 0) is 13.8 Å². The number of anilines is 1. The van der Waals surface area contributed by atoms with Crippen LogP contribution in [0, 0.1) is 10.1 Å². The molecule has 102 valence electrons. The Balaban J connectivity index is 2.88. The van der Waals surface area contributed by atoms with Crippen molar-refractivity contribution >= 4 is 22.0 Å². The van der Waals surface area contributed by atoms with Crippen LogP contribution in [-0.2, 0) is 4.74 Å². The minimum atomic E-state index is -0.692. The van der Waals surface area contributed by atoms with Crippen LogP contribution in [0.4, 0.5) is 10.7 Å². The first-order valence-corrected chi connectivity index (χ1v) is 6.54. The Morgan fingerprint density at radius 3 is 2.83 bits per heavy atom. The number of likely N-dealkylation sites (N-methyl/N-ethyl adjacent to an activating group) is 1. The fraction of sp³-hybridized carbons (Fsp3) is 0.636. The van der Waals surface area contributed by atoms with Crippen LogP contribution < -0.4 is 4.90 Å². The molecule has 6 nitrogen and oxygen atoms in total. The second-order valence-corrected chi connectivity index (χ2v) is 4.95. The predicted octanol–water partition coefficient (Wildman–Crippen LogP) is 2.18. The number of thiophene rings is 1. The molecule has 1 N–H and O–H groups in total. The molecule has 0 spiro atoms. The fourth-order valence-corrected chi connectivity index (χ4v) is 2.50. The molecule has 7 heteroatoms. The second kappa shape index (κ2) is 6.67. The van der Waals surface area contributed by atoms with E-state index in [1.807, 2.05) is 6.92 Å². The van der Waals surface area contributed by atoms with E-state index in [0.717, 1.165) is 0 Å². The molecule has 0 aromatic carbocycles. The summed E-state index contributed by atoms with van der Waals surface area (Å²) in [4.78, 5) is 12.9. The normalized spacial score (nSPS) is 12.4. The number of nitro groups is 1. The molecule has 0 fully saturated rings. The van der Waals surface area contributed by atoms with Crippen LogP contribution in [0.1, 0.15) is 24.8 Å². The maximum atomic E-state index is 11.0. The zero-order valence-electron chi connectivity index (χ0n) is 10.8. The van der Waals surface area contributed by atoms with Gasteiger partial charge in [-0.2, -0.15) is 0 Å². The number of rotatable bonds is 7. The highest BCUT2D eigenvalue weighted by Crippen LogP contribution is 2.39. The van der Waals surface area contributed by atoms with Crippen molar-refractivity contribution in [1.82, 2.24) is 0 Å². The first-order valence-electron chi connectivity index (χ1n) is 5.72. The third kappa shape index (κ3) is 3.66. The van der Waals surface area contributed by atoms with Crippen molar-refractivity contribution in [1.29, 1.82) is 0 Å². The van der Waals surface area contributed by atoms with Crippen molar-refractivity contribution in [2.75, 3.05) is 31.7 Å². The smallest absolute Gasteiger partial charge is 0.304 e. The average molecular weight is 274 g/mol. The zero-order valence-corrected chi connectivity index (χ0v) is 11.6. The summed E-state index contributed by atoms with van der Waals surface area (Å²) in [6.07, 6.45) is -0.692. The molecule has 0 aliphatic rings. The van der Waals surface area contributed by atoms with Gasteiger partial charge in [-0.15, -0.1) is 11.3 Å². The zero-order chi connectivity index (χ0) is 13.7. The van der Waals surface area contributed by atoms with E-state index in [0.29, 0.717) is 29.6 Å². The van der Waals surface area contributed by atoms with E-state index >= 15 is 0 Å². The van der Waals surface area contributed by atoms with Crippen molar-refractivity contribution in [3.63, 3.8) is 0 Å². The molecule has 1 heterocycles. The molecular weight excluding hydrogens is 256 g/mol. The standard InChI is InChI=1S/C11H18N2O4S/c1-4-17-6-5-12(3)11-9(13(15)16)7-10(18-11)8(2)14/h7-8,14H,4-6H2,1-3H3/t8-/m1/s1. The van der Waals surface area contributed by atoms with Crippen LogP contribution in [0.15, 0.2) is 6.07 Å². The molecule has 1 aromatic rings. The Bertz CT molecular complexity index is 406. The van der Waals surface area contributed by atoms with E-state index in [-0.39, 0.29) is 5.69 Å². The maximum absolute atomic E-state index is 11.0. The third-order valence-electron chi connectivity index (χ3n) is 2.44. The molecule has 0 aliphatic carbocycles. The van der Waals surface area contributed by atoms with E-state index in [4.69, 9.17) is 4.74 Å². The van der Waals surface area contributed by atoms with Gasteiger partial charge in [0.1, 0.15) is 0 Å². The summed E-state index contributed by atoms with van der Waals surface area (Å²) in [5, 5.41) is 21.0. The lowest BCUT2D eigenvalue weighted by atomic mass is 10.3. The molecule has 1 rings (SSSR count). The summed E-state index contributed by atoms with van der Waals surface area (Å²) in [5.74, 6) is 0. The van der Waals surface area contributed by atoms with Gasteiger partial charge < -0.3 is 14.7 Å². The van der Waals surface area contributed by atoms with Crippen LogP contribution in [0.25, 0.3) is 0 Å². The Kier molecular flexibility index (Phi) is 5.52. The van der Waals surface area contributed by atoms with Crippen LogP contribution in [-0.4, -0.2) is 36.8 Å². The van der Waals surface area contributed by atoms with Gasteiger partial charge in [0.25, 0.3) is 0 Å². The minimum Gasteiger partial charge on any atom is -0.388 e. The topological polar surface area (TPSA) is 75.8 Å². The summed E-state index contributed by atoms with van der Waals surface area (Å²) in [6.45, 7) is 5.22. The van der Waals surface area contributed by atoms with Crippen molar-refractivity contribution in [2.24, 2.45) is 0 Å². The van der Waals surface area contributed by atoms with Gasteiger partial charge in [-0.25, -0.2) is 0 Å². The van der Waals surface area contributed by atoms with Crippen molar-refractivity contribution in [2.45, 2.75) is 20.0 Å². The average Bonchev–Trinajstić information content (AvgIpc) is 2.74. The SMILES string of the molecule is CCOCCN(C)c1sc([C@@H](C)O)cc1[N+](=O)[O-]. The molecule has 18 heavy (non-hydrogen) atoms. The second-order valence-electron chi connectivity index (χ2n) is 3.89. The number of hydrogen-bond donors (Lipinski definition) is 1. The van der Waals surface area contributed by atoms with Crippen molar-refractivity contribution < 1.29 is 14.8 Å². The summed E-state index contributed by atoms with van der Waals surface area (Å²) in [6, 6.07) is 1.43. The van der Waals surface area contributed by atoms with Gasteiger partial charge in [0.2, 0.25) is 0 Å². The lowest BCUT2D eigenvalue weighted by Crippen LogP contribution is -2.22. The molecule has 1 aromatic heterocycles. The fourth-order valence-electron chi connectivity index (χ4n) is 1.45. The van der Waals surface area contributed by atoms with E-state index in [2.05, 4.69) is 0 Å². The molecule has 0 saturated carbocycles. The highest BCUT2D eigenvalue weighted by molar-refractivity contribution is 7.16. The lowest BCUT2D eigenvalue weighted by Gasteiger charge is -2.16. The van der Waals surface area contributed by atoms with Gasteiger partial charge in [0.05, 0.1) is 17.6 Å². The Labute approximate surface area is 110 Å². The molecule has 0 amide bonds. The van der Waals surface area contributed by atoms with Gasteiger partial charge in [0, 0.05) is 31.1 Å². The predicted molar refractivity (Wildman–Crippen MR) is 71.4 cm³/mol. The number of aliphatic hydroxyl groups excluding tert-OH is 1. The molecule has 0 bridgehead atoms. The summed E-state index contributed by atoms with van der Waals surface area (Å²) in [7, 11) is 1.78. The molecule has 0 radical (unpaired) electrons. The van der Waals surface area contributed by atoms with Gasteiger partial charge >= 0.3 is 5.69 Å². The minimum absolute atomic E-state index is 0.0369. The highest BCUT2D eigenvalue weighted by Gasteiger charge is 2.23. The Morgan fingerprint density at radius 1 is 1.67 bits per heavy atom. The summed E-state index contributed by atoms with van der Waals surface area (Å²) >= 11 is 1.24. The van der Waals surface area contributed by atoms with Crippen LogP contribution in [0.2, 0.25) is 0 Å². The van der Waals surface area contributed by atoms with Crippen LogP contribution in [0.5, 0.6) is 0 Å². The maximum Gasteiger partial charge on any atom is 0.304 e. The third-order valence-corrected chi connectivity index (χ3v) is 3.85. The molecule has 0 unspecified atom stereocenters. The molecule has 0 saturated heterocycles. The highest BCUT2D eigenvalue weighted by atomic mass is 32.1. The Hall–Kier alpha value is -1.18. The summed E-state index contributed by atoms with van der Waals surface area (Å²) in [5.41, 5.74) is 0.0369. The first-order chi connectivity index (χ1) is 8.47. The van der Waals surface area contributed by atoms with E-state index in [1.54, 1.807) is 18.9 Å². The largest absolute Gasteiger partial charge is 0.388 e. The Morgan fingerprint density at radius 2 is 2.33 bits per heavy atom. The van der Waals surface area contributed by atoms with Gasteiger partial charge in [0.15, 0.2) is 5.00 Å². The first kappa shape index (κ1) is 14.9. The van der Waals surface area contributed by atoms with E-state index in [1.165, 1.54) is 17.4 Å². The van der Waals surface area contributed by atoms with Crippen molar-refractivity contribution in [3.8, 4) is 0 Å². The van der Waals surface area contributed by atoms with Crippen LogP contribution in [0.3, 0.4) is 0 Å². The molecule has 1 atom stereocenters. The van der Waals surface area contributed by atoms with E-state index in [9.17, 15) is 15.2 Å². The van der Waals surface area contributed by atoms with Crippen molar-refractivity contribution in [3.05, 3.63) is 21.1 Å². The summed E-state index contributed by atoms with van der Waals surface area (Å²) < 4.78 is 5.22. The molecular formula is C11H18N2O4S. The number of hydrogen-bond acceptors (Lipinski definition) is 6. The number of aliphatic hydroxyl groups is 1. The lowest BCUT2D eigenvalue weighted by molar-refractivity contribution is -0.383.